The molecule has 2 heterocycles. The maximum absolute atomic E-state index is 10.7. The van der Waals surface area contributed by atoms with Crippen LogP contribution in [0.3, 0.4) is 0 Å². The zero-order valence-electron chi connectivity index (χ0n) is 10.2. The molecule has 0 unspecified atom stereocenters. The van der Waals surface area contributed by atoms with Crippen LogP contribution in [0.15, 0.2) is 6.20 Å². The molecule has 2 rings (SSSR count). The molecule has 0 aliphatic carbocycles. The van der Waals surface area contributed by atoms with Crippen LogP contribution in [0.5, 0.6) is 0 Å². The minimum Gasteiger partial charge on any atom is -0.368 e. The summed E-state index contributed by atoms with van der Waals surface area (Å²) in [6.07, 6.45) is 1.66. The summed E-state index contributed by atoms with van der Waals surface area (Å²) in [6.45, 7) is 2.60. The summed E-state index contributed by atoms with van der Waals surface area (Å²) in [6, 6.07) is 0. The number of carbonyl (C=O) groups is 1. The van der Waals surface area contributed by atoms with Crippen LogP contribution in [0.25, 0.3) is 11.0 Å². The van der Waals surface area contributed by atoms with Crippen LogP contribution in [0.2, 0.25) is 0 Å². The van der Waals surface area contributed by atoms with E-state index < -0.39 is 0 Å². The van der Waals surface area contributed by atoms with Crippen molar-refractivity contribution in [3.63, 3.8) is 0 Å². The van der Waals surface area contributed by atoms with Crippen LogP contribution in [-0.4, -0.2) is 46.2 Å². The highest BCUT2D eigenvalue weighted by Crippen LogP contribution is 2.19. The standard InChI is InChI=1S/C10H15N7O/c1-6(18)12-3-4-13-8-7-5-14-17-9(7)16-10(11-2)15-8/h5H,3-4H2,1-2H3,(H,12,18)(H3,11,13,14,15,16,17). The highest BCUT2D eigenvalue weighted by Gasteiger charge is 2.08. The van der Waals surface area contributed by atoms with Gasteiger partial charge < -0.3 is 16.0 Å². The van der Waals surface area contributed by atoms with Gasteiger partial charge in [0.15, 0.2) is 5.65 Å². The van der Waals surface area contributed by atoms with Crippen LogP contribution < -0.4 is 16.0 Å². The third-order valence-electron chi connectivity index (χ3n) is 2.32. The summed E-state index contributed by atoms with van der Waals surface area (Å²) in [5.41, 5.74) is 0.663. The minimum absolute atomic E-state index is 0.0520. The summed E-state index contributed by atoms with van der Waals surface area (Å²) in [7, 11) is 1.75. The number of hydrogen-bond donors (Lipinski definition) is 4. The van der Waals surface area contributed by atoms with E-state index in [4.69, 9.17) is 0 Å². The molecule has 0 aliphatic rings. The molecule has 0 atom stereocenters. The smallest absolute Gasteiger partial charge is 0.226 e. The molecule has 8 heteroatoms. The van der Waals surface area contributed by atoms with Gasteiger partial charge >= 0.3 is 0 Å². The Morgan fingerprint density at radius 3 is 2.94 bits per heavy atom. The van der Waals surface area contributed by atoms with Gasteiger partial charge in [0, 0.05) is 27.1 Å². The lowest BCUT2D eigenvalue weighted by Crippen LogP contribution is -2.26. The molecule has 0 radical (unpaired) electrons. The van der Waals surface area contributed by atoms with Crippen LogP contribution >= 0.6 is 0 Å². The molecule has 0 bridgehead atoms. The van der Waals surface area contributed by atoms with E-state index in [0.717, 1.165) is 5.39 Å². The van der Waals surface area contributed by atoms with Crippen molar-refractivity contribution >= 4 is 28.7 Å². The van der Waals surface area contributed by atoms with Gasteiger partial charge in [0.25, 0.3) is 0 Å². The van der Waals surface area contributed by atoms with Gasteiger partial charge in [0.05, 0.1) is 11.6 Å². The molecule has 0 aliphatic heterocycles. The van der Waals surface area contributed by atoms with E-state index in [9.17, 15) is 4.79 Å². The first-order chi connectivity index (χ1) is 8.70. The fraction of sp³-hybridized carbons (Fsp3) is 0.400. The summed E-state index contributed by atoms with van der Waals surface area (Å²) in [4.78, 5) is 19.3. The third kappa shape index (κ3) is 2.65. The molecule has 0 saturated carbocycles. The van der Waals surface area contributed by atoms with Crippen LogP contribution in [0, 0.1) is 0 Å². The average Bonchev–Trinajstić information content (AvgIpc) is 2.82. The molecule has 2 aromatic rings. The van der Waals surface area contributed by atoms with Gasteiger partial charge in [-0.3, -0.25) is 9.89 Å². The summed E-state index contributed by atoms with van der Waals surface area (Å²) < 4.78 is 0. The van der Waals surface area contributed by atoms with Crippen molar-refractivity contribution in [1.82, 2.24) is 25.5 Å². The number of nitrogens with zero attached hydrogens (tertiary/aromatic N) is 3. The number of carbonyl (C=O) groups excluding carboxylic acids is 1. The van der Waals surface area contributed by atoms with Gasteiger partial charge in [-0.05, 0) is 0 Å². The molecule has 1 amide bonds. The van der Waals surface area contributed by atoms with Crippen molar-refractivity contribution in [2.45, 2.75) is 6.92 Å². The lowest BCUT2D eigenvalue weighted by Gasteiger charge is -2.08. The largest absolute Gasteiger partial charge is 0.368 e. The number of aromatic nitrogens is 4. The second-order valence-corrected chi connectivity index (χ2v) is 3.69. The van der Waals surface area contributed by atoms with Crippen molar-refractivity contribution in [2.24, 2.45) is 0 Å². The fourth-order valence-corrected chi connectivity index (χ4v) is 1.50. The van der Waals surface area contributed by atoms with E-state index in [-0.39, 0.29) is 5.91 Å². The predicted octanol–water partition coefficient (Wildman–Crippen LogP) is -0.0574. The topological polar surface area (TPSA) is 108 Å². The monoisotopic (exact) mass is 249 g/mol. The van der Waals surface area contributed by atoms with Gasteiger partial charge in [-0.15, -0.1) is 0 Å². The Morgan fingerprint density at radius 2 is 2.22 bits per heavy atom. The summed E-state index contributed by atoms with van der Waals surface area (Å²) in [5.74, 6) is 1.14. The number of amides is 1. The van der Waals surface area contributed by atoms with E-state index in [0.29, 0.717) is 30.5 Å². The Kier molecular flexibility index (Phi) is 3.56. The van der Waals surface area contributed by atoms with Crippen LogP contribution in [0.1, 0.15) is 6.92 Å². The van der Waals surface area contributed by atoms with Gasteiger partial charge in [-0.2, -0.15) is 15.1 Å². The van der Waals surface area contributed by atoms with E-state index in [1.165, 1.54) is 6.92 Å². The molecule has 4 N–H and O–H groups in total. The van der Waals surface area contributed by atoms with Gasteiger partial charge in [0.2, 0.25) is 11.9 Å². The number of H-pyrrole nitrogens is 1. The average molecular weight is 249 g/mol. The number of nitrogens with one attached hydrogen (secondary N) is 4. The molecular weight excluding hydrogens is 234 g/mol. The molecule has 18 heavy (non-hydrogen) atoms. The van der Waals surface area contributed by atoms with Gasteiger partial charge in [-0.25, -0.2) is 0 Å². The number of rotatable bonds is 5. The van der Waals surface area contributed by atoms with E-state index >= 15 is 0 Å². The first kappa shape index (κ1) is 12.1. The van der Waals surface area contributed by atoms with E-state index in [1.54, 1.807) is 13.2 Å². The SMILES string of the molecule is CNc1nc(NCCNC(C)=O)c2cn[nH]c2n1. The third-order valence-corrected chi connectivity index (χ3v) is 2.32. The highest BCUT2D eigenvalue weighted by molar-refractivity contribution is 5.86. The molecule has 8 nitrogen and oxygen atoms in total. The molecule has 0 saturated heterocycles. The number of fused-ring (bicyclic) bond motifs is 1. The Hall–Kier alpha value is -2.38. The Balaban J connectivity index is 2.10. The molecule has 96 valence electrons. The second kappa shape index (κ2) is 5.30. The van der Waals surface area contributed by atoms with Crippen LogP contribution in [-0.2, 0) is 4.79 Å². The van der Waals surface area contributed by atoms with Crippen LogP contribution in [0.4, 0.5) is 11.8 Å². The number of aromatic amines is 1. The van der Waals surface area contributed by atoms with Gasteiger partial charge in [-0.1, -0.05) is 0 Å². The van der Waals surface area contributed by atoms with Crippen molar-refractivity contribution in [3.8, 4) is 0 Å². The van der Waals surface area contributed by atoms with Crippen molar-refractivity contribution in [3.05, 3.63) is 6.20 Å². The lowest BCUT2D eigenvalue weighted by molar-refractivity contribution is -0.118. The summed E-state index contributed by atoms with van der Waals surface area (Å²) in [5, 5.41) is 16.3. The predicted molar refractivity (Wildman–Crippen MR) is 68.4 cm³/mol. The Morgan fingerprint density at radius 1 is 1.39 bits per heavy atom. The first-order valence-electron chi connectivity index (χ1n) is 5.58. The zero-order chi connectivity index (χ0) is 13.0. The Bertz CT molecular complexity index is 550. The fourth-order valence-electron chi connectivity index (χ4n) is 1.50. The zero-order valence-corrected chi connectivity index (χ0v) is 10.2. The molecule has 0 aromatic carbocycles. The molecule has 0 spiro atoms. The highest BCUT2D eigenvalue weighted by atomic mass is 16.1. The number of hydrogen-bond acceptors (Lipinski definition) is 6. The number of anilines is 2. The summed E-state index contributed by atoms with van der Waals surface area (Å²) >= 11 is 0. The lowest BCUT2D eigenvalue weighted by atomic mass is 10.4. The quantitative estimate of drug-likeness (QED) is 0.553. The maximum atomic E-state index is 10.7. The Labute approximate surface area is 104 Å². The molecule has 2 aromatic heterocycles. The first-order valence-corrected chi connectivity index (χ1v) is 5.58. The van der Waals surface area contributed by atoms with Gasteiger partial charge in [0.1, 0.15) is 5.82 Å². The minimum atomic E-state index is -0.0520. The van der Waals surface area contributed by atoms with Crippen molar-refractivity contribution in [2.75, 3.05) is 30.8 Å². The maximum Gasteiger partial charge on any atom is 0.226 e. The normalized spacial score (nSPS) is 10.3. The molecular formula is C10H15N7O. The van der Waals surface area contributed by atoms with E-state index in [2.05, 4.69) is 36.1 Å². The van der Waals surface area contributed by atoms with E-state index in [1.807, 2.05) is 0 Å². The molecule has 0 fully saturated rings. The van der Waals surface area contributed by atoms with Crippen molar-refractivity contribution < 1.29 is 4.79 Å². The van der Waals surface area contributed by atoms with Crippen molar-refractivity contribution in [1.29, 1.82) is 0 Å². The second-order valence-electron chi connectivity index (χ2n) is 3.69.